The molecule has 0 spiro atoms. The zero-order valence-corrected chi connectivity index (χ0v) is 12.8. The van der Waals surface area contributed by atoms with Gasteiger partial charge < -0.3 is 4.90 Å². The number of aromatic nitrogens is 2. The summed E-state index contributed by atoms with van der Waals surface area (Å²) >= 11 is 0. The van der Waals surface area contributed by atoms with Crippen LogP contribution >= 0.6 is 0 Å². The van der Waals surface area contributed by atoms with Crippen LogP contribution in [0.2, 0.25) is 0 Å². The van der Waals surface area contributed by atoms with E-state index in [2.05, 4.69) is 5.10 Å². The highest BCUT2D eigenvalue weighted by atomic mass is 16.2. The maximum atomic E-state index is 12.4. The Kier molecular flexibility index (Phi) is 4.26. The Balaban J connectivity index is 2.17. The summed E-state index contributed by atoms with van der Waals surface area (Å²) in [6.45, 7) is 3.59. The van der Waals surface area contributed by atoms with Gasteiger partial charge in [-0.05, 0) is 26.7 Å². The fraction of sp³-hybridized carbons (Fsp3) is 0.667. The van der Waals surface area contributed by atoms with Crippen molar-refractivity contribution in [3.05, 3.63) is 17.0 Å². The molecule has 0 radical (unpaired) electrons. The van der Waals surface area contributed by atoms with E-state index in [0.29, 0.717) is 11.3 Å². The predicted molar refractivity (Wildman–Crippen MR) is 76.7 cm³/mol. The Hall–Kier alpha value is -1.65. The molecule has 5 nitrogen and oxygen atoms in total. The lowest BCUT2D eigenvalue weighted by atomic mass is 9.94. The average Bonchev–Trinajstić information content (AvgIpc) is 2.71. The smallest absolute Gasteiger partial charge is 0.295 e. The first-order valence-corrected chi connectivity index (χ1v) is 7.25. The van der Waals surface area contributed by atoms with Gasteiger partial charge in [0.1, 0.15) is 0 Å². The third-order valence-electron chi connectivity index (χ3n) is 4.37. The van der Waals surface area contributed by atoms with Crippen LogP contribution < -0.4 is 0 Å². The van der Waals surface area contributed by atoms with Crippen LogP contribution in [-0.2, 0) is 11.8 Å². The van der Waals surface area contributed by atoms with E-state index in [1.165, 1.54) is 6.42 Å². The summed E-state index contributed by atoms with van der Waals surface area (Å²) in [5.74, 6) is -0.836. The van der Waals surface area contributed by atoms with Gasteiger partial charge in [0.2, 0.25) is 0 Å². The lowest BCUT2D eigenvalue weighted by Crippen LogP contribution is -2.42. The molecule has 1 fully saturated rings. The lowest BCUT2D eigenvalue weighted by Gasteiger charge is -2.30. The molecule has 0 aromatic carbocycles. The predicted octanol–water partition coefficient (Wildman–Crippen LogP) is 2.01. The van der Waals surface area contributed by atoms with Crippen molar-refractivity contribution in [1.82, 2.24) is 14.7 Å². The van der Waals surface area contributed by atoms with E-state index in [-0.39, 0.29) is 6.04 Å². The molecule has 1 aromatic rings. The minimum absolute atomic E-state index is 0.206. The molecule has 2 rings (SSSR count). The lowest BCUT2D eigenvalue weighted by molar-refractivity contribution is -0.127. The van der Waals surface area contributed by atoms with Gasteiger partial charge >= 0.3 is 0 Å². The molecule has 1 amide bonds. The van der Waals surface area contributed by atoms with Gasteiger partial charge in [-0.2, -0.15) is 5.10 Å². The molecular weight excluding hydrogens is 254 g/mol. The monoisotopic (exact) mass is 277 g/mol. The van der Waals surface area contributed by atoms with Gasteiger partial charge in [0.05, 0.1) is 11.3 Å². The molecule has 110 valence electrons. The number of hydrogen-bond donors (Lipinski definition) is 0. The molecule has 0 bridgehead atoms. The van der Waals surface area contributed by atoms with E-state index in [9.17, 15) is 9.59 Å². The summed E-state index contributed by atoms with van der Waals surface area (Å²) in [7, 11) is 3.53. The summed E-state index contributed by atoms with van der Waals surface area (Å²) in [5, 5.41) is 4.21. The first-order chi connectivity index (χ1) is 9.43. The Morgan fingerprint density at radius 2 is 1.80 bits per heavy atom. The number of hydrogen-bond acceptors (Lipinski definition) is 3. The fourth-order valence-electron chi connectivity index (χ4n) is 3.00. The van der Waals surface area contributed by atoms with Gasteiger partial charge in [0.25, 0.3) is 11.7 Å². The third kappa shape index (κ3) is 2.62. The number of ketones is 1. The summed E-state index contributed by atoms with van der Waals surface area (Å²) in [6, 6.07) is 0.206. The van der Waals surface area contributed by atoms with E-state index >= 15 is 0 Å². The number of carbonyl (C=O) groups is 2. The number of aryl methyl sites for hydroxylation is 2. The highest BCUT2D eigenvalue weighted by Gasteiger charge is 2.30. The number of carbonyl (C=O) groups excluding carboxylic acids is 2. The van der Waals surface area contributed by atoms with Crippen LogP contribution in [0.3, 0.4) is 0 Å². The van der Waals surface area contributed by atoms with E-state index in [4.69, 9.17) is 0 Å². The average molecular weight is 277 g/mol. The molecule has 1 aliphatic rings. The van der Waals surface area contributed by atoms with Crippen LogP contribution in [0.5, 0.6) is 0 Å². The Morgan fingerprint density at radius 3 is 2.30 bits per heavy atom. The zero-order chi connectivity index (χ0) is 14.9. The molecule has 0 atom stereocenters. The number of Topliss-reactive ketones (excluding diaryl/α,β-unsaturated/α-hetero) is 1. The first-order valence-electron chi connectivity index (χ1n) is 7.25. The van der Waals surface area contributed by atoms with Crippen molar-refractivity contribution in [2.45, 2.75) is 52.0 Å². The van der Waals surface area contributed by atoms with Crippen LogP contribution in [0.15, 0.2) is 0 Å². The van der Waals surface area contributed by atoms with Gasteiger partial charge in [-0.1, -0.05) is 19.3 Å². The van der Waals surface area contributed by atoms with Crippen LogP contribution in [0.25, 0.3) is 0 Å². The highest BCUT2D eigenvalue weighted by molar-refractivity contribution is 6.43. The summed E-state index contributed by atoms with van der Waals surface area (Å²) in [6.07, 6.45) is 5.51. The van der Waals surface area contributed by atoms with Crippen molar-refractivity contribution in [2.75, 3.05) is 7.05 Å². The maximum absolute atomic E-state index is 12.4. The number of rotatable bonds is 3. The molecule has 20 heavy (non-hydrogen) atoms. The molecule has 5 heteroatoms. The molecule has 0 aliphatic heterocycles. The molecule has 1 aromatic heterocycles. The highest BCUT2D eigenvalue weighted by Crippen LogP contribution is 2.23. The molecule has 0 N–H and O–H groups in total. The Labute approximate surface area is 119 Å². The van der Waals surface area contributed by atoms with Crippen molar-refractivity contribution < 1.29 is 9.59 Å². The summed E-state index contributed by atoms with van der Waals surface area (Å²) < 4.78 is 1.65. The first kappa shape index (κ1) is 14.8. The quantitative estimate of drug-likeness (QED) is 0.627. The molecule has 1 saturated carbocycles. The topological polar surface area (TPSA) is 55.2 Å². The minimum atomic E-state index is -0.429. The molecule has 1 aliphatic carbocycles. The van der Waals surface area contributed by atoms with Crippen molar-refractivity contribution >= 4 is 11.7 Å². The van der Waals surface area contributed by atoms with Crippen molar-refractivity contribution in [1.29, 1.82) is 0 Å². The van der Waals surface area contributed by atoms with Gasteiger partial charge in [-0.15, -0.1) is 0 Å². The summed E-state index contributed by atoms with van der Waals surface area (Å²) in [4.78, 5) is 26.5. The van der Waals surface area contributed by atoms with E-state index in [0.717, 1.165) is 31.4 Å². The number of likely N-dealkylation sites (N-methyl/N-ethyl adjacent to an activating group) is 1. The Morgan fingerprint density at radius 1 is 1.20 bits per heavy atom. The molecule has 0 saturated heterocycles. The Bertz CT molecular complexity index is 527. The second-order valence-corrected chi connectivity index (χ2v) is 5.71. The van der Waals surface area contributed by atoms with Gasteiger partial charge in [0.15, 0.2) is 0 Å². The second kappa shape index (κ2) is 5.77. The van der Waals surface area contributed by atoms with Crippen LogP contribution in [0, 0.1) is 13.8 Å². The second-order valence-electron chi connectivity index (χ2n) is 5.71. The normalized spacial score (nSPS) is 16.2. The summed E-state index contributed by atoms with van der Waals surface area (Å²) in [5.41, 5.74) is 1.83. The number of nitrogens with zero attached hydrogens (tertiary/aromatic N) is 3. The molecule has 1 heterocycles. The SMILES string of the molecule is Cc1nn(C)c(C)c1C(=O)C(=O)N(C)C1CCCCC1. The van der Waals surface area contributed by atoms with Crippen LogP contribution in [0.4, 0.5) is 0 Å². The van der Waals surface area contributed by atoms with Crippen molar-refractivity contribution in [3.63, 3.8) is 0 Å². The van der Waals surface area contributed by atoms with E-state index in [1.807, 2.05) is 6.92 Å². The largest absolute Gasteiger partial charge is 0.336 e. The maximum Gasteiger partial charge on any atom is 0.295 e. The van der Waals surface area contributed by atoms with Crippen LogP contribution in [0.1, 0.15) is 53.8 Å². The van der Waals surface area contributed by atoms with Crippen molar-refractivity contribution in [2.24, 2.45) is 7.05 Å². The molecular formula is C15H23N3O2. The van der Waals surface area contributed by atoms with E-state index < -0.39 is 11.7 Å². The minimum Gasteiger partial charge on any atom is -0.336 e. The van der Waals surface area contributed by atoms with Gasteiger partial charge in [-0.3, -0.25) is 14.3 Å². The van der Waals surface area contributed by atoms with Gasteiger partial charge in [-0.25, -0.2) is 0 Å². The van der Waals surface area contributed by atoms with E-state index in [1.54, 1.807) is 30.6 Å². The number of amides is 1. The van der Waals surface area contributed by atoms with Crippen LogP contribution in [-0.4, -0.2) is 39.5 Å². The third-order valence-corrected chi connectivity index (χ3v) is 4.37. The standard InChI is InChI=1S/C15H23N3O2/c1-10-13(11(2)18(4)16-10)14(19)15(20)17(3)12-8-6-5-7-9-12/h12H,5-9H2,1-4H3. The molecule has 0 unspecified atom stereocenters. The van der Waals surface area contributed by atoms with Gasteiger partial charge in [0, 0.05) is 25.8 Å². The van der Waals surface area contributed by atoms with Crippen molar-refractivity contribution in [3.8, 4) is 0 Å². The zero-order valence-electron chi connectivity index (χ0n) is 12.8. The fourth-order valence-corrected chi connectivity index (χ4v) is 3.00.